The molecule has 0 aromatic heterocycles. The van der Waals surface area contributed by atoms with Crippen molar-refractivity contribution < 1.29 is 19.1 Å². The number of ether oxygens (including phenoxy) is 2. The number of benzene rings is 1. The third-order valence-corrected chi connectivity index (χ3v) is 4.27. The molecule has 0 radical (unpaired) electrons. The molecule has 23 heavy (non-hydrogen) atoms. The Bertz CT molecular complexity index is 574. The van der Waals surface area contributed by atoms with Crippen molar-refractivity contribution in [1.29, 1.82) is 0 Å². The third-order valence-electron chi connectivity index (χ3n) is 4.27. The van der Waals surface area contributed by atoms with Crippen molar-refractivity contribution >= 4 is 11.8 Å². The highest BCUT2D eigenvalue weighted by Gasteiger charge is 2.23. The molecule has 0 heterocycles. The molecule has 2 atom stereocenters. The Balaban J connectivity index is 1.94. The van der Waals surface area contributed by atoms with Crippen LogP contribution in [0.5, 0.6) is 11.5 Å². The van der Waals surface area contributed by atoms with Gasteiger partial charge in [0.25, 0.3) is 11.8 Å². The maximum Gasteiger partial charge on any atom is 0.258 e. The Kier molecular flexibility index (Phi) is 5.84. The van der Waals surface area contributed by atoms with Gasteiger partial charge < -0.3 is 20.5 Å². The summed E-state index contributed by atoms with van der Waals surface area (Å²) in [6.45, 7) is 2.01. The van der Waals surface area contributed by atoms with Gasteiger partial charge in [0.15, 0.2) is 6.61 Å². The van der Waals surface area contributed by atoms with Gasteiger partial charge in [0, 0.05) is 6.04 Å². The van der Waals surface area contributed by atoms with Gasteiger partial charge in [-0.15, -0.1) is 0 Å². The first-order valence-electron chi connectivity index (χ1n) is 7.91. The first-order valence-corrected chi connectivity index (χ1v) is 7.91. The molecule has 0 aliphatic heterocycles. The Morgan fingerprint density at radius 2 is 2.04 bits per heavy atom. The standard InChI is InChI=1S/C17H24N2O4/c1-11-5-3-4-6-14(11)19-16(20)10-23-15-8-7-12(22-2)9-13(15)17(18)21/h7-9,11,14H,3-6,10H2,1-2H3,(H2,18,21)(H,19,20)/t11-,14+/m0/s1. The van der Waals surface area contributed by atoms with Gasteiger partial charge in [0.05, 0.1) is 12.7 Å². The maximum atomic E-state index is 12.1. The zero-order valence-electron chi connectivity index (χ0n) is 13.6. The van der Waals surface area contributed by atoms with Crippen molar-refractivity contribution in [2.45, 2.75) is 38.6 Å². The molecule has 6 heteroatoms. The summed E-state index contributed by atoms with van der Waals surface area (Å²) in [4.78, 5) is 23.5. The van der Waals surface area contributed by atoms with Crippen molar-refractivity contribution in [2.75, 3.05) is 13.7 Å². The van der Waals surface area contributed by atoms with Crippen LogP contribution in [-0.4, -0.2) is 31.6 Å². The van der Waals surface area contributed by atoms with E-state index >= 15 is 0 Å². The van der Waals surface area contributed by atoms with Crippen LogP contribution in [0.15, 0.2) is 18.2 Å². The SMILES string of the molecule is COc1ccc(OCC(=O)N[C@@H]2CCCC[C@@H]2C)c(C(N)=O)c1. The van der Waals surface area contributed by atoms with Crippen LogP contribution in [0.25, 0.3) is 0 Å². The van der Waals surface area contributed by atoms with Crippen LogP contribution in [-0.2, 0) is 4.79 Å². The lowest BCUT2D eigenvalue weighted by molar-refractivity contribution is -0.124. The quantitative estimate of drug-likeness (QED) is 0.837. The van der Waals surface area contributed by atoms with E-state index in [1.165, 1.54) is 19.6 Å². The molecule has 0 bridgehead atoms. The van der Waals surface area contributed by atoms with Gasteiger partial charge in [-0.25, -0.2) is 0 Å². The average molecular weight is 320 g/mol. The molecule has 2 amide bonds. The van der Waals surface area contributed by atoms with Crippen LogP contribution >= 0.6 is 0 Å². The van der Waals surface area contributed by atoms with E-state index < -0.39 is 5.91 Å². The number of carbonyl (C=O) groups is 2. The lowest BCUT2D eigenvalue weighted by atomic mass is 9.86. The predicted molar refractivity (Wildman–Crippen MR) is 86.6 cm³/mol. The van der Waals surface area contributed by atoms with Gasteiger partial charge >= 0.3 is 0 Å². The van der Waals surface area contributed by atoms with E-state index in [2.05, 4.69) is 12.2 Å². The summed E-state index contributed by atoms with van der Waals surface area (Å²) in [5, 5.41) is 3.01. The largest absolute Gasteiger partial charge is 0.497 e. The van der Waals surface area contributed by atoms with Gasteiger partial charge in [0.1, 0.15) is 11.5 Å². The van der Waals surface area contributed by atoms with E-state index in [0.29, 0.717) is 11.7 Å². The molecule has 1 saturated carbocycles. The highest BCUT2D eigenvalue weighted by Crippen LogP contribution is 2.25. The van der Waals surface area contributed by atoms with E-state index in [1.807, 2.05) is 0 Å². The molecule has 126 valence electrons. The molecular formula is C17H24N2O4. The number of amides is 2. The Morgan fingerprint density at radius 1 is 1.30 bits per heavy atom. The number of rotatable bonds is 6. The van der Waals surface area contributed by atoms with E-state index in [-0.39, 0.29) is 29.9 Å². The van der Waals surface area contributed by atoms with Crippen LogP contribution in [0.2, 0.25) is 0 Å². The zero-order valence-corrected chi connectivity index (χ0v) is 13.6. The summed E-state index contributed by atoms with van der Waals surface area (Å²) in [6, 6.07) is 4.93. The Morgan fingerprint density at radius 3 is 2.70 bits per heavy atom. The van der Waals surface area contributed by atoms with Gasteiger partial charge in [-0.05, 0) is 37.0 Å². The molecule has 0 unspecified atom stereocenters. The second-order valence-electron chi connectivity index (χ2n) is 5.95. The van der Waals surface area contributed by atoms with Gasteiger partial charge in [-0.1, -0.05) is 19.8 Å². The molecule has 1 aliphatic rings. The molecular weight excluding hydrogens is 296 g/mol. The minimum atomic E-state index is -0.625. The number of methoxy groups -OCH3 is 1. The Labute approximate surface area is 136 Å². The summed E-state index contributed by atoms with van der Waals surface area (Å²) in [5.74, 6) is 0.460. The number of carbonyl (C=O) groups excluding carboxylic acids is 2. The van der Waals surface area contributed by atoms with Crippen LogP contribution in [0.4, 0.5) is 0 Å². The minimum Gasteiger partial charge on any atom is -0.497 e. The fourth-order valence-electron chi connectivity index (χ4n) is 2.88. The lowest BCUT2D eigenvalue weighted by Crippen LogP contribution is -2.43. The smallest absolute Gasteiger partial charge is 0.258 e. The highest BCUT2D eigenvalue weighted by molar-refractivity contribution is 5.96. The fourth-order valence-corrected chi connectivity index (χ4v) is 2.88. The van der Waals surface area contributed by atoms with Gasteiger partial charge in [-0.2, -0.15) is 0 Å². The minimum absolute atomic E-state index is 0.143. The molecule has 1 aromatic carbocycles. The number of nitrogens with two attached hydrogens (primary N) is 1. The second kappa shape index (κ2) is 7.85. The molecule has 6 nitrogen and oxygen atoms in total. The van der Waals surface area contributed by atoms with Crippen molar-refractivity contribution in [3.05, 3.63) is 23.8 Å². The van der Waals surface area contributed by atoms with Gasteiger partial charge in [-0.3, -0.25) is 9.59 Å². The second-order valence-corrected chi connectivity index (χ2v) is 5.95. The molecule has 1 aliphatic carbocycles. The summed E-state index contributed by atoms with van der Waals surface area (Å²) >= 11 is 0. The molecule has 1 fully saturated rings. The van der Waals surface area contributed by atoms with Crippen LogP contribution < -0.4 is 20.5 Å². The molecule has 0 spiro atoms. The monoisotopic (exact) mass is 320 g/mol. The number of nitrogens with one attached hydrogen (secondary N) is 1. The van der Waals surface area contributed by atoms with Gasteiger partial charge in [0.2, 0.25) is 0 Å². The van der Waals surface area contributed by atoms with Crippen molar-refractivity contribution in [3.63, 3.8) is 0 Å². The van der Waals surface area contributed by atoms with E-state index in [4.69, 9.17) is 15.2 Å². The summed E-state index contributed by atoms with van der Waals surface area (Å²) < 4.78 is 10.5. The number of primary amides is 1. The van der Waals surface area contributed by atoms with Crippen LogP contribution in [0.1, 0.15) is 43.0 Å². The van der Waals surface area contributed by atoms with Crippen molar-refractivity contribution in [3.8, 4) is 11.5 Å². The molecule has 1 aromatic rings. The summed E-state index contributed by atoms with van der Waals surface area (Å²) in [6.07, 6.45) is 4.50. The number of hydrogen-bond acceptors (Lipinski definition) is 4. The predicted octanol–water partition coefficient (Wildman–Crippen LogP) is 1.87. The lowest BCUT2D eigenvalue weighted by Gasteiger charge is -2.29. The summed E-state index contributed by atoms with van der Waals surface area (Å²) in [5.41, 5.74) is 5.53. The highest BCUT2D eigenvalue weighted by atomic mass is 16.5. The number of hydrogen-bond donors (Lipinski definition) is 2. The first-order chi connectivity index (χ1) is 11.0. The topological polar surface area (TPSA) is 90.7 Å². The maximum absolute atomic E-state index is 12.1. The van der Waals surface area contributed by atoms with Crippen LogP contribution in [0, 0.1) is 5.92 Å². The van der Waals surface area contributed by atoms with Crippen molar-refractivity contribution in [2.24, 2.45) is 11.7 Å². The molecule has 0 saturated heterocycles. The Hall–Kier alpha value is -2.24. The zero-order chi connectivity index (χ0) is 16.8. The first kappa shape index (κ1) is 17.1. The molecule has 2 rings (SSSR count). The third kappa shape index (κ3) is 4.61. The van der Waals surface area contributed by atoms with Crippen LogP contribution in [0.3, 0.4) is 0 Å². The average Bonchev–Trinajstić information content (AvgIpc) is 2.54. The van der Waals surface area contributed by atoms with E-state index in [0.717, 1.165) is 19.3 Å². The van der Waals surface area contributed by atoms with E-state index in [1.54, 1.807) is 12.1 Å². The van der Waals surface area contributed by atoms with E-state index in [9.17, 15) is 9.59 Å². The normalized spacial score (nSPS) is 20.6. The fraction of sp³-hybridized carbons (Fsp3) is 0.529. The summed E-state index contributed by atoms with van der Waals surface area (Å²) in [7, 11) is 1.50. The molecule has 3 N–H and O–H groups in total. The van der Waals surface area contributed by atoms with Crippen molar-refractivity contribution in [1.82, 2.24) is 5.32 Å².